The number of alkyl halides is 6. The largest absolute Gasteiger partial charge is 0.471 e. The molecule has 2 aliphatic carbocycles. The van der Waals surface area contributed by atoms with Gasteiger partial charge in [-0.3, -0.25) is 19.2 Å². The second kappa shape index (κ2) is 10.5. The van der Waals surface area contributed by atoms with Crippen LogP contribution in [0.3, 0.4) is 0 Å². The Hall–Kier alpha value is -3.31. The zero-order chi connectivity index (χ0) is 30.7. The average molecular weight is 592 g/mol. The summed E-state index contributed by atoms with van der Waals surface area (Å²) in [5.74, 6) is -6.73. The third-order valence-electron chi connectivity index (χ3n) is 8.59. The SMILES string of the molecule is CC(C)(C)[C@H](NC(=O)C(F)(F)F)C(=O)N1C[C@H]2[C@@H]([C@H]1C(=O)N[C@H](C#N)CC1C[C@H](C(F)(F)F)NC1=O)[C@H]1C=C[C@@H]2C1. The first kappa shape index (κ1) is 30.6. The summed E-state index contributed by atoms with van der Waals surface area (Å²) in [6.07, 6.45) is -6.32. The molecule has 0 aromatic carbocycles. The van der Waals surface area contributed by atoms with E-state index in [0.29, 0.717) is 0 Å². The lowest BCUT2D eigenvalue weighted by Crippen LogP contribution is -2.60. The van der Waals surface area contributed by atoms with Gasteiger partial charge in [-0.1, -0.05) is 32.9 Å². The second-order valence-electron chi connectivity index (χ2n) is 12.4. The molecule has 226 valence electrons. The molecule has 1 saturated carbocycles. The van der Waals surface area contributed by atoms with Crippen LogP contribution < -0.4 is 16.0 Å². The van der Waals surface area contributed by atoms with Gasteiger partial charge in [0.05, 0.1) is 6.07 Å². The third-order valence-corrected chi connectivity index (χ3v) is 8.59. The van der Waals surface area contributed by atoms with Crippen LogP contribution in [0.15, 0.2) is 12.2 Å². The normalized spacial score (nSPS) is 32.2. The van der Waals surface area contributed by atoms with Crippen molar-refractivity contribution in [2.24, 2.45) is 35.0 Å². The number of halogens is 6. The number of carbonyl (C=O) groups excluding carboxylic acids is 4. The van der Waals surface area contributed by atoms with Crippen molar-refractivity contribution in [3.63, 3.8) is 0 Å². The number of hydrogen-bond acceptors (Lipinski definition) is 5. The number of amides is 4. The van der Waals surface area contributed by atoms with Gasteiger partial charge >= 0.3 is 18.3 Å². The lowest BCUT2D eigenvalue weighted by molar-refractivity contribution is -0.176. The van der Waals surface area contributed by atoms with Crippen molar-refractivity contribution in [2.75, 3.05) is 6.54 Å². The van der Waals surface area contributed by atoms with E-state index in [4.69, 9.17) is 0 Å². The van der Waals surface area contributed by atoms with Gasteiger partial charge in [-0.25, -0.2) is 0 Å². The molecule has 41 heavy (non-hydrogen) atoms. The van der Waals surface area contributed by atoms with Crippen LogP contribution in [0, 0.1) is 46.3 Å². The fourth-order valence-corrected chi connectivity index (χ4v) is 6.65. The zero-order valence-corrected chi connectivity index (χ0v) is 22.5. The summed E-state index contributed by atoms with van der Waals surface area (Å²) in [5, 5.41) is 15.7. The van der Waals surface area contributed by atoms with Crippen LogP contribution in [0.2, 0.25) is 0 Å². The molecule has 2 bridgehead atoms. The summed E-state index contributed by atoms with van der Waals surface area (Å²) in [6, 6.07) is -4.47. The lowest BCUT2D eigenvalue weighted by Gasteiger charge is -2.37. The molecule has 9 atom stereocenters. The van der Waals surface area contributed by atoms with E-state index in [-0.39, 0.29) is 24.3 Å². The Labute approximate surface area is 232 Å². The van der Waals surface area contributed by atoms with Gasteiger partial charge in [-0.05, 0) is 48.3 Å². The average Bonchev–Trinajstić information content (AvgIpc) is 3.61. The molecule has 0 aromatic heterocycles. The number of fused-ring (bicyclic) bond motifs is 5. The van der Waals surface area contributed by atoms with Crippen LogP contribution in [0.5, 0.6) is 0 Å². The topological polar surface area (TPSA) is 131 Å². The molecule has 0 radical (unpaired) electrons. The fraction of sp³-hybridized carbons (Fsp3) is 0.731. The highest BCUT2D eigenvalue weighted by atomic mass is 19.4. The number of allylic oxidation sites excluding steroid dienone is 2. The van der Waals surface area contributed by atoms with Crippen LogP contribution in [-0.4, -0.2) is 71.6 Å². The molecule has 15 heteroatoms. The number of hydrogen-bond donors (Lipinski definition) is 3. The van der Waals surface area contributed by atoms with Crippen molar-refractivity contribution in [2.45, 2.75) is 76.6 Å². The molecule has 9 nitrogen and oxygen atoms in total. The van der Waals surface area contributed by atoms with Gasteiger partial charge in [0.2, 0.25) is 17.7 Å². The Balaban J connectivity index is 1.56. The molecular weight excluding hydrogens is 560 g/mol. The van der Waals surface area contributed by atoms with Gasteiger partial charge in [-0.2, -0.15) is 31.6 Å². The Kier molecular flexibility index (Phi) is 7.85. The van der Waals surface area contributed by atoms with Crippen molar-refractivity contribution >= 4 is 23.6 Å². The Bertz CT molecular complexity index is 1170. The zero-order valence-electron chi connectivity index (χ0n) is 22.5. The van der Waals surface area contributed by atoms with Crippen LogP contribution in [0.4, 0.5) is 26.3 Å². The van der Waals surface area contributed by atoms with E-state index in [1.54, 1.807) is 11.4 Å². The highest BCUT2D eigenvalue weighted by Crippen LogP contribution is 2.54. The lowest BCUT2D eigenvalue weighted by atomic mass is 9.81. The maximum atomic E-state index is 13.8. The molecule has 2 aliphatic heterocycles. The second-order valence-corrected chi connectivity index (χ2v) is 12.4. The first-order valence-corrected chi connectivity index (χ1v) is 13.3. The van der Waals surface area contributed by atoms with E-state index < -0.39 is 90.2 Å². The standard InChI is InChI=1S/C26H31F6N5O4/c1-24(2,3)19(36-23(41)26(30,31)32)22(40)37-10-15-11-4-5-12(6-11)17(15)18(37)21(39)34-14(9-33)7-13-8-16(25(27,28)29)35-20(13)38/h4-5,11-19H,6-8,10H2,1-3H3,(H,34,39)(H,35,38)(H,36,41)/t11-,12+,13?,14+,15-,16-,17+,18+,19-/m1/s1. The van der Waals surface area contributed by atoms with Crippen molar-refractivity contribution in [3.05, 3.63) is 12.2 Å². The van der Waals surface area contributed by atoms with E-state index in [0.717, 1.165) is 11.3 Å². The number of nitriles is 1. The number of rotatable bonds is 6. The predicted octanol–water partition coefficient (Wildman–Crippen LogP) is 2.19. The van der Waals surface area contributed by atoms with Crippen LogP contribution in [-0.2, 0) is 19.2 Å². The Morgan fingerprint density at radius 1 is 1.07 bits per heavy atom. The van der Waals surface area contributed by atoms with Crippen molar-refractivity contribution in [1.29, 1.82) is 5.26 Å². The van der Waals surface area contributed by atoms with E-state index in [1.165, 1.54) is 20.8 Å². The number of carbonyl (C=O) groups is 4. The van der Waals surface area contributed by atoms with Gasteiger partial charge < -0.3 is 20.9 Å². The minimum absolute atomic E-state index is 0.0317. The predicted molar refractivity (Wildman–Crippen MR) is 129 cm³/mol. The van der Waals surface area contributed by atoms with E-state index in [1.807, 2.05) is 17.5 Å². The first-order chi connectivity index (χ1) is 18.8. The maximum absolute atomic E-state index is 13.8. The molecule has 3 fully saturated rings. The molecule has 4 aliphatic rings. The molecule has 4 amide bonds. The first-order valence-electron chi connectivity index (χ1n) is 13.3. The van der Waals surface area contributed by atoms with E-state index >= 15 is 0 Å². The van der Waals surface area contributed by atoms with Gasteiger partial charge in [0.25, 0.3) is 0 Å². The third kappa shape index (κ3) is 6.01. The molecule has 0 aromatic rings. The van der Waals surface area contributed by atoms with Crippen LogP contribution in [0.1, 0.15) is 40.0 Å². The maximum Gasteiger partial charge on any atom is 0.471 e. The molecular formula is C26H31F6N5O4. The molecule has 2 saturated heterocycles. The Morgan fingerprint density at radius 3 is 2.24 bits per heavy atom. The summed E-state index contributed by atoms with van der Waals surface area (Å²) in [6.45, 7) is 4.44. The number of nitrogens with zero attached hydrogens (tertiary/aromatic N) is 2. The van der Waals surface area contributed by atoms with Crippen LogP contribution >= 0.6 is 0 Å². The van der Waals surface area contributed by atoms with Crippen molar-refractivity contribution < 1.29 is 45.5 Å². The summed E-state index contributed by atoms with van der Waals surface area (Å²) in [7, 11) is 0. The quantitative estimate of drug-likeness (QED) is 0.322. The van der Waals surface area contributed by atoms with Gasteiger partial charge in [0.1, 0.15) is 24.2 Å². The highest BCUT2D eigenvalue weighted by molar-refractivity contribution is 5.94. The van der Waals surface area contributed by atoms with Crippen molar-refractivity contribution in [3.8, 4) is 6.07 Å². The molecule has 2 heterocycles. The Morgan fingerprint density at radius 2 is 1.71 bits per heavy atom. The molecule has 0 spiro atoms. The highest BCUT2D eigenvalue weighted by Gasteiger charge is 2.59. The summed E-state index contributed by atoms with van der Waals surface area (Å²) < 4.78 is 78.4. The van der Waals surface area contributed by atoms with Crippen molar-refractivity contribution in [1.82, 2.24) is 20.9 Å². The fourth-order valence-electron chi connectivity index (χ4n) is 6.65. The smallest absolute Gasteiger partial charge is 0.344 e. The summed E-state index contributed by atoms with van der Waals surface area (Å²) in [5.41, 5.74) is -1.17. The molecule has 1 unspecified atom stereocenters. The number of nitrogens with one attached hydrogen (secondary N) is 3. The summed E-state index contributed by atoms with van der Waals surface area (Å²) >= 11 is 0. The monoisotopic (exact) mass is 591 g/mol. The number of likely N-dealkylation sites (tertiary alicyclic amines) is 1. The van der Waals surface area contributed by atoms with E-state index in [9.17, 15) is 50.8 Å². The van der Waals surface area contributed by atoms with Gasteiger partial charge in [0.15, 0.2) is 0 Å². The van der Waals surface area contributed by atoms with Gasteiger partial charge in [-0.15, -0.1) is 0 Å². The minimum Gasteiger partial charge on any atom is -0.344 e. The van der Waals surface area contributed by atoms with Gasteiger partial charge in [0, 0.05) is 12.5 Å². The van der Waals surface area contributed by atoms with E-state index in [2.05, 4.69) is 5.32 Å². The minimum atomic E-state index is -5.25. The molecule has 4 rings (SSSR count). The molecule has 3 N–H and O–H groups in total. The summed E-state index contributed by atoms with van der Waals surface area (Å²) in [4.78, 5) is 52.5. The van der Waals surface area contributed by atoms with Crippen LogP contribution in [0.25, 0.3) is 0 Å².